The van der Waals surface area contributed by atoms with E-state index in [2.05, 4.69) is 26.8 Å². The van der Waals surface area contributed by atoms with Crippen LogP contribution < -0.4 is 0 Å². The molecule has 5 N–H and O–H groups in total. The van der Waals surface area contributed by atoms with Crippen LogP contribution in [0.2, 0.25) is 0 Å². The van der Waals surface area contributed by atoms with E-state index in [4.69, 9.17) is 14.2 Å². The fraction of sp³-hybridized carbons (Fsp3) is 0.804. The van der Waals surface area contributed by atoms with Crippen LogP contribution in [-0.4, -0.2) is 97.2 Å². The first-order valence-electron chi connectivity index (χ1n) is 21.7. The van der Waals surface area contributed by atoms with Gasteiger partial charge in [0.2, 0.25) is 0 Å². The van der Waals surface area contributed by atoms with Crippen molar-refractivity contribution in [2.45, 2.75) is 182 Å². The van der Waals surface area contributed by atoms with Crippen LogP contribution in [-0.2, 0) is 28.6 Å². The smallest absolute Gasteiger partial charge is 0.330 e. The molecule has 0 aromatic carbocycles. The number of rotatable bonds is 4. The van der Waals surface area contributed by atoms with Crippen molar-refractivity contribution in [2.24, 2.45) is 53.3 Å². The van der Waals surface area contributed by atoms with E-state index in [9.17, 15) is 39.9 Å². The predicted molar refractivity (Wildman–Crippen MR) is 220 cm³/mol. The monoisotopic (exact) mass is 805 g/mol. The minimum Gasteiger partial charge on any atom is -0.458 e. The van der Waals surface area contributed by atoms with Crippen LogP contribution in [0, 0.1) is 53.3 Å². The average molecular weight is 805 g/mol. The van der Waals surface area contributed by atoms with Gasteiger partial charge >= 0.3 is 5.97 Å². The third kappa shape index (κ3) is 12.0. The van der Waals surface area contributed by atoms with Crippen LogP contribution in [0.5, 0.6) is 0 Å². The molecule has 3 aliphatic rings. The van der Waals surface area contributed by atoms with Gasteiger partial charge in [0.05, 0.1) is 42.5 Å². The summed E-state index contributed by atoms with van der Waals surface area (Å²) in [5.41, 5.74) is -2.18. The number of hydrogen-bond acceptors (Lipinski definition) is 11. The molecule has 0 aliphatic carbocycles. The third-order valence-electron chi connectivity index (χ3n) is 13.6. The molecule has 0 amide bonds. The molecule has 2 saturated heterocycles. The summed E-state index contributed by atoms with van der Waals surface area (Å²) in [6, 6.07) is 0. The number of carbonyl (C=O) groups excluding carboxylic acids is 3. The zero-order valence-electron chi connectivity index (χ0n) is 36.5. The van der Waals surface area contributed by atoms with Crippen molar-refractivity contribution in [1.82, 2.24) is 0 Å². The molecule has 0 aromatic rings. The Morgan fingerprint density at radius 2 is 1.47 bits per heavy atom. The van der Waals surface area contributed by atoms with Gasteiger partial charge in [0.15, 0.2) is 11.6 Å². The lowest BCUT2D eigenvalue weighted by molar-refractivity contribution is -0.374. The van der Waals surface area contributed by atoms with Crippen molar-refractivity contribution in [3.8, 4) is 0 Å². The summed E-state index contributed by atoms with van der Waals surface area (Å²) in [7, 11) is 0. The zero-order chi connectivity index (χ0) is 43.0. The molecule has 2 fully saturated rings. The van der Waals surface area contributed by atoms with Gasteiger partial charge in [0.25, 0.3) is 0 Å². The summed E-state index contributed by atoms with van der Waals surface area (Å²) in [5.74, 6) is -7.21. The van der Waals surface area contributed by atoms with Crippen molar-refractivity contribution in [3.63, 3.8) is 0 Å². The van der Waals surface area contributed by atoms with E-state index in [1.165, 1.54) is 32.9 Å². The Bertz CT molecular complexity index is 1400. The SMILES string of the molecule is CC[C@@H]1C=CC=CC[C@H](C)[C@@H](O)[C@](C)(O)C(=O)[C@H](C)[C@@H](O)[C@H](C)C(=O)[C@H](C)[C@@H](O)[C@H](C)C=CC(=O)O[C@H]2[C@@H](C)[C@@H](CC1)OC1(CC[C@@H](C)C(C[C@H](C)O)O1)[C@@H]2CC. The molecule has 326 valence electrons. The van der Waals surface area contributed by atoms with Gasteiger partial charge < -0.3 is 39.7 Å². The van der Waals surface area contributed by atoms with Gasteiger partial charge in [-0.15, -0.1) is 0 Å². The van der Waals surface area contributed by atoms with Gasteiger partial charge in [0, 0.05) is 42.1 Å². The average Bonchev–Trinajstić information content (AvgIpc) is 3.17. The van der Waals surface area contributed by atoms with Gasteiger partial charge in [-0.05, 0) is 76.5 Å². The van der Waals surface area contributed by atoms with Crippen LogP contribution >= 0.6 is 0 Å². The molecule has 1 spiro atoms. The fourth-order valence-corrected chi connectivity index (χ4v) is 9.37. The molecule has 57 heavy (non-hydrogen) atoms. The highest BCUT2D eigenvalue weighted by Crippen LogP contribution is 2.50. The Kier molecular flexibility index (Phi) is 18.4. The Morgan fingerprint density at radius 3 is 2.09 bits per heavy atom. The topological polar surface area (TPSA) is 180 Å². The molecule has 11 heteroatoms. The van der Waals surface area contributed by atoms with Crippen molar-refractivity contribution in [1.29, 1.82) is 0 Å². The van der Waals surface area contributed by atoms with E-state index >= 15 is 0 Å². The van der Waals surface area contributed by atoms with E-state index in [0.717, 1.165) is 19.3 Å². The van der Waals surface area contributed by atoms with Crippen molar-refractivity contribution >= 4 is 17.5 Å². The molecular weight excluding hydrogens is 728 g/mol. The highest BCUT2D eigenvalue weighted by molar-refractivity contribution is 5.91. The maximum atomic E-state index is 13.6. The lowest BCUT2D eigenvalue weighted by Gasteiger charge is -2.56. The fourth-order valence-electron chi connectivity index (χ4n) is 9.37. The maximum absolute atomic E-state index is 13.6. The number of ether oxygens (including phenoxy) is 3. The van der Waals surface area contributed by atoms with Gasteiger partial charge in [-0.1, -0.05) is 92.7 Å². The Balaban J connectivity index is 2.02. The summed E-state index contributed by atoms with van der Waals surface area (Å²) < 4.78 is 20.3. The summed E-state index contributed by atoms with van der Waals surface area (Å²) in [6.07, 6.45) is 10.3. The van der Waals surface area contributed by atoms with Crippen molar-refractivity contribution in [3.05, 3.63) is 36.5 Å². The zero-order valence-corrected chi connectivity index (χ0v) is 36.5. The first kappa shape index (κ1) is 49.1. The highest BCUT2D eigenvalue weighted by atomic mass is 16.7. The lowest BCUT2D eigenvalue weighted by Crippen LogP contribution is -2.63. The second-order valence-electron chi connectivity index (χ2n) is 18.2. The van der Waals surface area contributed by atoms with E-state index in [1.807, 2.05) is 25.2 Å². The third-order valence-corrected chi connectivity index (χ3v) is 13.6. The molecule has 18 atom stereocenters. The summed E-state index contributed by atoms with van der Waals surface area (Å²) >= 11 is 0. The van der Waals surface area contributed by atoms with Crippen LogP contribution in [0.1, 0.15) is 128 Å². The molecule has 3 heterocycles. The quantitative estimate of drug-likeness (QED) is 0.202. The molecule has 2 unspecified atom stereocenters. The van der Waals surface area contributed by atoms with Gasteiger partial charge in [-0.3, -0.25) is 9.59 Å². The van der Waals surface area contributed by atoms with Gasteiger partial charge in [-0.25, -0.2) is 4.79 Å². The lowest BCUT2D eigenvalue weighted by atomic mass is 9.73. The van der Waals surface area contributed by atoms with Crippen LogP contribution in [0.25, 0.3) is 0 Å². The first-order chi connectivity index (χ1) is 26.6. The van der Waals surface area contributed by atoms with Crippen LogP contribution in [0.3, 0.4) is 0 Å². The normalized spacial score (nSPS) is 44.5. The van der Waals surface area contributed by atoms with E-state index in [0.29, 0.717) is 32.1 Å². The minimum absolute atomic E-state index is 0.163. The number of ketones is 2. The number of aliphatic hydroxyl groups is 5. The maximum Gasteiger partial charge on any atom is 0.330 e. The molecule has 11 nitrogen and oxygen atoms in total. The van der Waals surface area contributed by atoms with E-state index in [1.54, 1.807) is 27.7 Å². The highest BCUT2D eigenvalue weighted by Gasteiger charge is 2.57. The van der Waals surface area contributed by atoms with E-state index < -0.39 is 89.0 Å². The number of hydrogen-bond donors (Lipinski definition) is 5. The standard InChI is InChI=1S/C46H76O11/c1-12-34-18-16-14-15-17-28(5)43(52)45(11,54)44(53)33(10)41(51)32(9)40(50)31(8)39(49)27(4)19-22-38(48)55-42-30(7)36(21-20-34)56-46(35(42)13-2)24-23-26(3)37(57-46)25-29(6)47/h14-16,18-19,22,26-37,39,41-43,47,49,51-52,54H,12-13,17,20-21,23-25H2,1-11H3/t26-,27-,28+,29+,30+,31-,32-,33-,34-,35-,36-,37?,39+,41+,42+,43-,45+,46?/m1/s1. The molecule has 2 bridgehead atoms. The Hall–Kier alpha value is -2.25. The molecule has 0 radical (unpaired) electrons. The van der Waals surface area contributed by atoms with Crippen LogP contribution in [0.15, 0.2) is 36.5 Å². The predicted octanol–water partition coefficient (Wildman–Crippen LogP) is 6.27. The first-order valence-corrected chi connectivity index (χ1v) is 21.7. The molecule has 0 saturated carbocycles. The molecule has 3 rings (SSSR count). The Labute approximate surface area is 342 Å². The van der Waals surface area contributed by atoms with Crippen molar-refractivity contribution in [2.75, 3.05) is 0 Å². The number of fused-ring (bicyclic) bond motifs is 2. The largest absolute Gasteiger partial charge is 0.458 e. The number of carbonyl (C=O) groups is 3. The Morgan fingerprint density at radius 1 is 0.825 bits per heavy atom. The van der Waals surface area contributed by atoms with Crippen LogP contribution in [0.4, 0.5) is 0 Å². The molecule has 3 aliphatic heterocycles. The van der Waals surface area contributed by atoms with Gasteiger partial charge in [0.1, 0.15) is 17.5 Å². The second-order valence-corrected chi connectivity index (χ2v) is 18.2. The number of esters is 1. The molecular formula is C46H76O11. The van der Waals surface area contributed by atoms with Gasteiger partial charge in [-0.2, -0.15) is 0 Å². The van der Waals surface area contributed by atoms with E-state index in [-0.39, 0.29) is 35.9 Å². The summed E-state index contributed by atoms with van der Waals surface area (Å²) in [6.45, 7) is 19.2. The number of Topliss-reactive ketones (excluding diaryl/α,β-unsaturated/α-hetero) is 2. The molecule has 0 aromatic heterocycles. The number of aliphatic hydroxyl groups excluding tert-OH is 4. The van der Waals surface area contributed by atoms with Crippen molar-refractivity contribution < 1.29 is 54.1 Å². The summed E-state index contributed by atoms with van der Waals surface area (Å²) in [5, 5.41) is 55.2. The second kappa shape index (κ2) is 21.3. The minimum atomic E-state index is -2.18. The number of allylic oxidation sites excluding steroid dienone is 4. The summed E-state index contributed by atoms with van der Waals surface area (Å²) in [4.78, 5) is 40.7.